The second-order valence-corrected chi connectivity index (χ2v) is 3.78. The van der Waals surface area contributed by atoms with Crippen LogP contribution >= 0.6 is 0 Å². The van der Waals surface area contributed by atoms with Gasteiger partial charge in [0.15, 0.2) is 0 Å². The molecule has 106 valence electrons. The number of carbonyl (C=O) groups excluding carboxylic acids is 1. The van der Waals surface area contributed by atoms with Gasteiger partial charge in [-0.15, -0.1) is 0 Å². The van der Waals surface area contributed by atoms with E-state index < -0.39 is 29.4 Å². The van der Waals surface area contributed by atoms with E-state index >= 15 is 0 Å². The molecule has 1 rings (SSSR count). The van der Waals surface area contributed by atoms with Crippen molar-refractivity contribution in [2.45, 2.75) is 24.8 Å². The van der Waals surface area contributed by atoms with Crippen LogP contribution in [0.1, 0.15) is 12.5 Å². The van der Waals surface area contributed by atoms with Crippen LogP contribution in [0.15, 0.2) is 30.3 Å². The van der Waals surface area contributed by atoms with E-state index in [0.29, 0.717) is 24.4 Å². The van der Waals surface area contributed by atoms with Gasteiger partial charge < -0.3 is 0 Å². The second-order valence-electron chi connectivity index (χ2n) is 3.78. The topological polar surface area (TPSA) is 29.1 Å². The SMILES string of the molecule is CC(=O)NC(F)(F)C(F)(c1ccccc1)C(F)(F)F. The van der Waals surface area contributed by atoms with Crippen molar-refractivity contribution in [3.63, 3.8) is 0 Å². The molecule has 0 aliphatic carbocycles. The zero-order valence-electron chi connectivity index (χ0n) is 9.56. The molecule has 1 aromatic rings. The molecule has 1 unspecified atom stereocenters. The summed E-state index contributed by atoms with van der Waals surface area (Å²) in [7, 11) is 0. The first-order valence-electron chi connectivity index (χ1n) is 5.00. The minimum absolute atomic E-state index is 0.565. The van der Waals surface area contributed by atoms with Crippen LogP contribution in [0.25, 0.3) is 0 Å². The molecule has 0 aromatic heterocycles. The fourth-order valence-electron chi connectivity index (χ4n) is 1.50. The van der Waals surface area contributed by atoms with Gasteiger partial charge >= 0.3 is 17.9 Å². The van der Waals surface area contributed by atoms with Crippen molar-refractivity contribution in [2.24, 2.45) is 0 Å². The highest BCUT2D eigenvalue weighted by Crippen LogP contribution is 2.51. The average molecular weight is 285 g/mol. The quantitative estimate of drug-likeness (QED) is 0.671. The van der Waals surface area contributed by atoms with Crippen LogP contribution in [0, 0.1) is 0 Å². The minimum Gasteiger partial charge on any atom is -0.294 e. The van der Waals surface area contributed by atoms with Gasteiger partial charge in [-0.3, -0.25) is 10.1 Å². The molecule has 2 nitrogen and oxygen atoms in total. The van der Waals surface area contributed by atoms with Crippen molar-refractivity contribution >= 4 is 5.91 Å². The van der Waals surface area contributed by atoms with Crippen LogP contribution in [-0.2, 0) is 10.5 Å². The van der Waals surface area contributed by atoms with Crippen LogP contribution in [0.5, 0.6) is 0 Å². The molecule has 8 heteroatoms. The first-order valence-corrected chi connectivity index (χ1v) is 5.00. The number of halogens is 6. The van der Waals surface area contributed by atoms with Gasteiger partial charge in [0.1, 0.15) is 0 Å². The Morgan fingerprint density at radius 2 is 1.47 bits per heavy atom. The van der Waals surface area contributed by atoms with Crippen molar-refractivity contribution in [3.05, 3.63) is 35.9 Å². The predicted octanol–water partition coefficient (Wildman–Crippen LogP) is 3.14. The summed E-state index contributed by atoms with van der Waals surface area (Å²) < 4.78 is 79.2. The maximum absolute atomic E-state index is 14.1. The zero-order valence-corrected chi connectivity index (χ0v) is 9.56. The van der Waals surface area contributed by atoms with Crippen LogP contribution in [0.3, 0.4) is 0 Å². The molecule has 1 N–H and O–H groups in total. The van der Waals surface area contributed by atoms with E-state index in [4.69, 9.17) is 0 Å². The highest BCUT2D eigenvalue weighted by atomic mass is 19.4. The number of alkyl halides is 6. The fourth-order valence-corrected chi connectivity index (χ4v) is 1.50. The maximum atomic E-state index is 14.1. The Morgan fingerprint density at radius 1 is 1.00 bits per heavy atom. The molecule has 0 spiro atoms. The lowest BCUT2D eigenvalue weighted by Crippen LogP contribution is -2.60. The van der Waals surface area contributed by atoms with Gasteiger partial charge in [0.25, 0.3) is 0 Å². The van der Waals surface area contributed by atoms with Gasteiger partial charge in [-0.2, -0.15) is 22.0 Å². The first kappa shape index (κ1) is 15.3. The summed E-state index contributed by atoms with van der Waals surface area (Å²) in [5, 5.41) is 0.697. The number of hydrogen-bond acceptors (Lipinski definition) is 1. The Morgan fingerprint density at radius 3 is 1.84 bits per heavy atom. The molecule has 1 aromatic carbocycles. The number of benzene rings is 1. The summed E-state index contributed by atoms with van der Waals surface area (Å²) >= 11 is 0. The van der Waals surface area contributed by atoms with Crippen LogP contribution in [0.2, 0.25) is 0 Å². The third-order valence-electron chi connectivity index (χ3n) is 2.33. The summed E-state index contributed by atoms with van der Waals surface area (Å²) in [5.74, 6) is -1.48. The van der Waals surface area contributed by atoms with Gasteiger partial charge in [-0.25, -0.2) is 4.39 Å². The molecule has 1 atom stereocenters. The van der Waals surface area contributed by atoms with Gasteiger partial charge in [0.2, 0.25) is 5.91 Å². The molecule has 0 bridgehead atoms. The summed E-state index contributed by atoms with van der Waals surface area (Å²) in [5.41, 5.74) is -6.30. The second kappa shape index (κ2) is 4.75. The maximum Gasteiger partial charge on any atom is 0.434 e. The van der Waals surface area contributed by atoms with E-state index in [2.05, 4.69) is 0 Å². The van der Waals surface area contributed by atoms with Crippen molar-refractivity contribution in [1.82, 2.24) is 5.32 Å². The van der Waals surface area contributed by atoms with Gasteiger partial charge in [-0.1, -0.05) is 30.3 Å². The Balaban J connectivity index is 3.42. The third-order valence-corrected chi connectivity index (χ3v) is 2.33. The van der Waals surface area contributed by atoms with Crippen LogP contribution in [-0.4, -0.2) is 18.1 Å². The van der Waals surface area contributed by atoms with Crippen molar-refractivity contribution in [3.8, 4) is 0 Å². The highest BCUT2D eigenvalue weighted by Gasteiger charge is 2.72. The number of amides is 1. The summed E-state index contributed by atoms with van der Waals surface area (Å²) in [6.07, 6.45) is -5.90. The molecule has 0 radical (unpaired) electrons. The Labute approximate surface area is 104 Å². The van der Waals surface area contributed by atoms with Crippen molar-refractivity contribution < 1.29 is 31.1 Å². The number of carbonyl (C=O) groups is 1. The van der Waals surface area contributed by atoms with E-state index in [0.717, 1.165) is 12.1 Å². The van der Waals surface area contributed by atoms with Gasteiger partial charge in [0, 0.05) is 12.5 Å². The normalized spacial score (nSPS) is 15.7. The largest absolute Gasteiger partial charge is 0.434 e. The average Bonchev–Trinajstić information content (AvgIpc) is 2.25. The molecule has 0 heterocycles. The van der Waals surface area contributed by atoms with Crippen LogP contribution in [0.4, 0.5) is 26.3 Å². The number of rotatable bonds is 3. The minimum atomic E-state index is -5.90. The molecule has 1 amide bonds. The van der Waals surface area contributed by atoms with Crippen molar-refractivity contribution in [1.29, 1.82) is 0 Å². The highest BCUT2D eigenvalue weighted by molar-refractivity contribution is 5.73. The van der Waals surface area contributed by atoms with Gasteiger partial charge in [0.05, 0.1) is 0 Å². The molecule has 0 aliphatic heterocycles. The summed E-state index contributed by atoms with van der Waals surface area (Å²) in [6, 6.07) is -0.764. The molecule has 0 fully saturated rings. The van der Waals surface area contributed by atoms with E-state index in [1.165, 1.54) is 6.07 Å². The van der Waals surface area contributed by atoms with E-state index in [9.17, 15) is 31.1 Å². The zero-order chi connectivity index (χ0) is 14.9. The van der Waals surface area contributed by atoms with E-state index in [1.807, 2.05) is 0 Å². The predicted molar refractivity (Wildman–Crippen MR) is 54.0 cm³/mol. The summed E-state index contributed by atoms with van der Waals surface area (Å²) in [6.45, 7) is 0.565. The Bertz CT molecular complexity index is 458. The van der Waals surface area contributed by atoms with E-state index in [1.54, 1.807) is 0 Å². The Kier molecular flexibility index (Phi) is 3.83. The Hall–Kier alpha value is -1.73. The van der Waals surface area contributed by atoms with Crippen LogP contribution < -0.4 is 5.32 Å². The smallest absolute Gasteiger partial charge is 0.294 e. The van der Waals surface area contributed by atoms with E-state index in [-0.39, 0.29) is 0 Å². The molecular weight excluding hydrogens is 276 g/mol. The molecule has 0 aliphatic rings. The fraction of sp³-hybridized carbons (Fsp3) is 0.364. The third kappa shape index (κ3) is 2.66. The van der Waals surface area contributed by atoms with Gasteiger partial charge in [-0.05, 0) is 0 Å². The molecule has 0 saturated heterocycles. The molecular formula is C11H9F6NO. The standard InChI is InChI=1S/C11H9F6NO/c1-7(19)18-11(16,17)9(12,10(13,14)15)8-5-3-2-4-6-8/h2-6H,1H3,(H,18,19). The summed E-state index contributed by atoms with van der Waals surface area (Å²) in [4.78, 5) is 10.5. The molecule has 19 heavy (non-hydrogen) atoms. The number of hydrogen-bond donors (Lipinski definition) is 1. The lowest BCUT2D eigenvalue weighted by molar-refractivity contribution is -0.315. The first-order chi connectivity index (χ1) is 8.52. The molecule has 0 saturated carbocycles. The monoisotopic (exact) mass is 285 g/mol. The lowest BCUT2D eigenvalue weighted by Gasteiger charge is -2.35. The number of nitrogens with one attached hydrogen (secondary N) is 1. The van der Waals surface area contributed by atoms with Crippen molar-refractivity contribution in [2.75, 3.05) is 0 Å². The lowest BCUT2D eigenvalue weighted by atomic mass is 9.92.